The van der Waals surface area contributed by atoms with E-state index < -0.39 is 23.4 Å². The second kappa shape index (κ2) is 5.53. The van der Waals surface area contributed by atoms with Crippen molar-refractivity contribution in [2.24, 2.45) is 5.73 Å². The smallest absolute Gasteiger partial charge is 0.330 e. The number of rotatable bonds is 5. The molecule has 0 amide bonds. The molecular weight excluding hydrogens is 191 g/mol. The summed E-state index contributed by atoms with van der Waals surface area (Å²) in [6, 6.07) is 0. The van der Waals surface area contributed by atoms with E-state index >= 15 is 0 Å². The molecule has 0 rings (SSSR count). The average molecular weight is 203 g/mol. The van der Waals surface area contributed by atoms with Crippen LogP contribution in [-0.4, -0.2) is 28.4 Å². The Hall–Kier alpha value is -0.100. The lowest BCUT2D eigenvalue weighted by molar-refractivity contribution is -0.129. The van der Waals surface area contributed by atoms with Crippen LogP contribution in [0.4, 0.5) is 13.2 Å². The van der Waals surface area contributed by atoms with Crippen molar-refractivity contribution >= 4 is 10.8 Å². The second-order valence-electron chi connectivity index (χ2n) is 2.36. The minimum Gasteiger partial charge on any atom is -0.330 e. The first-order valence-corrected chi connectivity index (χ1v) is 5.06. The van der Waals surface area contributed by atoms with E-state index in [1.807, 2.05) is 0 Å². The van der Waals surface area contributed by atoms with Crippen molar-refractivity contribution in [2.45, 2.75) is 19.0 Å². The van der Waals surface area contributed by atoms with E-state index in [9.17, 15) is 17.4 Å². The van der Waals surface area contributed by atoms with Crippen molar-refractivity contribution in [1.29, 1.82) is 0 Å². The van der Waals surface area contributed by atoms with Gasteiger partial charge in [-0.15, -0.1) is 0 Å². The average Bonchev–Trinajstić information content (AvgIpc) is 1.95. The molecule has 0 aromatic rings. The first-order chi connectivity index (χ1) is 5.45. The van der Waals surface area contributed by atoms with E-state index in [0.717, 1.165) is 0 Å². The van der Waals surface area contributed by atoms with Gasteiger partial charge in [-0.25, -0.2) is 0 Å². The molecule has 0 bridgehead atoms. The van der Waals surface area contributed by atoms with Gasteiger partial charge in [0.1, 0.15) is 0 Å². The maximum Gasteiger partial charge on any atom is 0.390 e. The van der Waals surface area contributed by atoms with Crippen LogP contribution in [0.15, 0.2) is 0 Å². The van der Waals surface area contributed by atoms with Crippen LogP contribution in [0.2, 0.25) is 0 Å². The third kappa shape index (κ3) is 8.00. The van der Waals surface area contributed by atoms with Crippen molar-refractivity contribution < 1.29 is 17.4 Å². The van der Waals surface area contributed by atoms with Crippen LogP contribution in [-0.2, 0) is 10.8 Å². The quantitative estimate of drug-likeness (QED) is 0.725. The zero-order valence-corrected chi connectivity index (χ0v) is 7.38. The Morgan fingerprint density at radius 1 is 1.25 bits per heavy atom. The van der Waals surface area contributed by atoms with Gasteiger partial charge in [0.25, 0.3) is 0 Å². The maximum absolute atomic E-state index is 11.6. The molecule has 0 aromatic carbocycles. The minimum atomic E-state index is -4.20. The fraction of sp³-hybridized carbons (Fsp3) is 1.00. The Kier molecular flexibility index (Phi) is 5.48. The van der Waals surface area contributed by atoms with Crippen LogP contribution in [0.5, 0.6) is 0 Å². The highest BCUT2D eigenvalue weighted by Gasteiger charge is 2.27. The van der Waals surface area contributed by atoms with E-state index in [1.165, 1.54) is 0 Å². The van der Waals surface area contributed by atoms with E-state index in [2.05, 4.69) is 0 Å². The number of nitrogens with two attached hydrogens (primary N) is 1. The predicted molar refractivity (Wildman–Crippen MR) is 42.2 cm³/mol. The molecule has 1 unspecified atom stereocenters. The molecular formula is C6H12F3NOS. The van der Waals surface area contributed by atoms with Crippen LogP contribution >= 0.6 is 0 Å². The van der Waals surface area contributed by atoms with Gasteiger partial charge in [-0.05, 0) is 13.0 Å². The van der Waals surface area contributed by atoms with Gasteiger partial charge < -0.3 is 5.73 Å². The Balaban J connectivity index is 3.44. The Morgan fingerprint density at radius 3 is 2.25 bits per heavy atom. The van der Waals surface area contributed by atoms with Crippen molar-refractivity contribution in [3.05, 3.63) is 0 Å². The summed E-state index contributed by atoms with van der Waals surface area (Å²) in [5.74, 6) is -0.0317. The highest BCUT2D eigenvalue weighted by molar-refractivity contribution is 7.84. The minimum absolute atomic E-state index is 0.270. The lowest BCUT2D eigenvalue weighted by atomic mass is 10.5. The van der Waals surface area contributed by atoms with Gasteiger partial charge in [0, 0.05) is 22.3 Å². The zero-order valence-electron chi connectivity index (χ0n) is 6.56. The normalized spacial score (nSPS) is 14.7. The summed E-state index contributed by atoms with van der Waals surface area (Å²) in [7, 11) is -1.37. The number of alkyl halides is 3. The van der Waals surface area contributed by atoms with E-state index in [0.29, 0.717) is 13.0 Å². The first kappa shape index (κ1) is 11.9. The number of hydrogen-bond donors (Lipinski definition) is 1. The largest absolute Gasteiger partial charge is 0.390 e. The van der Waals surface area contributed by atoms with Crippen molar-refractivity contribution in [2.75, 3.05) is 18.1 Å². The zero-order chi connectivity index (χ0) is 9.61. The molecule has 0 aliphatic heterocycles. The third-order valence-corrected chi connectivity index (χ3v) is 2.59. The molecule has 0 heterocycles. The maximum atomic E-state index is 11.6. The van der Waals surface area contributed by atoms with Gasteiger partial charge in [0.15, 0.2) is 0 Å². The predicted octanol–water partition coefficient (Wildman–Crippen LogP) is 1.04. The Labute approximate surface area is 71.8 Å². The highest BCUT2D eigenvalue weighted by Crippen LogP contribution is 2.19. The van der Waals surface area contributed by atoms with E-state index in [1.54, 1.807) is 0 Å². The van der Waals surface area contributed by atoms with Gasteiger partial charge in [-0.1, -0.05) is 0 Å². The van der Waals surface area contributed by atoms with Crippen molar-refractivity contribution in [3.8, 4) is 0 Å². The molecule has 0 saturated carbocycles. The standard InChI is InChI=1S/C6H12F3NOS/c7-6(8,9)2-5-12(11)4-1-3-10/h1-5,10H2. The Bertz CT molecular complexity index is 148. The van der Waals surface area contributed by atoms with Crippen LogP contribution < -0.4 is 5.73 Å². The van der Waals surface area contributed by atoms with Crippen molar-refractivity contribution in [1.82, 2.24) is 0 Å². The fourth-order valence-corrected chi connectivity index (χ4v) is 1.73. The summed E-state index contributed by atoms with van der Waals surface area (Å²) in [5, 5.41) is 0. The first-order valence-electron chi connectivity index (χ1n) is 3.57. The molecule has 0 aliphatic carbocycles. The van der Waals surface area contributed by atoms with Gasteiger partial charge in [0.2, 0.25) is 0 Å². The molecule has 2 nitrogen and oxygen atoms in total. The molecule has 0 aliphatic rings. The summed E-state index contributed by atoms with van der Waals surface area (Å²) in [5.41, 5.74) is 5.10. The van der Waals surface area contributed by atoms with Crippen LogP contribution in [0, 0.1) is 0 Å². The summed E-state index contributed by atoms with van der Waals surface area (Å²) >= 11 is 0. The molecule has 74 valence electrons. The van der Waals surface area contributed by atoms with Gasteiger partial charge in [-0.2, -0.15) is 13.2 Å². The van der Waals surface area contributed by atoms with Gasteiger partial charge in [-0.3, -0.25) is 4.21 Å². The van der Waals surface area contributed by atoms with Gasteiger partial charge in [0.05, 0.1) is 6.42 Å². The van der Waals surface area contributed by atoms with E-state index in [-0.39, 0.29) is 11.5 Å². The molecule has 0 spiro atoms. The molecule has 12 heavy (non-hydrogen) atoms. The molecule has 0 fully saturated rings. The molecule has 1 atom stereocenters. The van der Waals surface area contributed by atoms with Gasteiger partial charge >= 0.3 is 6.18 Å². The SMILES string of the molecule is NCCCS(=O)CCC(F)(F)F. The highest BCUT2D eigenvalue weighted by atomic mass is 32.2. The summed E-state index contributed by atoms with van der Waals surface area (Å²) < 4.78 is 45.5. The topological polar surface area (TPSA) is 43.1 Å². The lowest BCUT2D eigenvalue weighted by Crippen LogP contribution is -2.15. The van der Waals surface area contributed by atoms with Crippen molar-refractivity contribution in [3.63, 3.8) is 0 Å². The molecule has 6 heteroatoms. The Morgan fingerprint density at radius 2 is 1.83 bits per heavy atom. The molecule has 2 N–H and O–H groups in total. The molecule has 0 radical (unpaired) electrons. The monoisotopic (exact) mass is 203 g/mol. The number of hydrogen-bond acceptors (Lipinski definition) is 2. The van der Waals surface area contributed by atoms with E-state index in [4.69, 9.17) is 5.73 Å². The van der Waals surface area contributed by atoms with Crippen LogP contribution in [0.1, 0.15) is 12.8 Å². The summed E-state index contributed by atoms with van der Waals surface area (Å²) in [6.07, 6.45) is -4.65. The number of halogens is 3. The molecule has 0 saturated heterocycles. The lowest BCUT2D eigenvalue weighted by Gasteiger charge is -2.04. The van der Waals surface area contributed by atoms with Crippen LogP contribution in [0.3, 0.4) is 0 Å². The molecule has 0 aromatic heterocycles. The fourth-order valence-electron chi connectivity index (χ4n) is 0.576. The second-order valence-corrected chi connectivity index (χ2v) is 4.05. The van der Waals surface area contributed by atoms with Crippen LogP contribution in [0.25, 0.3) is 0 Å². The third-order valence-electron chi connectivity index (χ3n) is 1.19. The summed E-state index contributed by atoms with van der Waals surface area (Å²) in [6.45, 7) is 0.373. The summed E-state index contributed by atoms with van der Waals surface area (Å²) in [4.78, 5) is 0.